The third-order valence-corrected chi connectivity index (χ3v) is 3.13. The first-order chi connectivity index (χ1) is 9.63. The summed E-state index contributed by atoms with van der Waals surface area (Å²) in [5.41, 5.74) is 3.30. The van der Waals surface area contributed by atoms with Crippen LogP contribution in [-0.4, -0.2) is 17.6 Å². The molecule has 2 aromatic rings. The van der Waals surface area contributed by atoms with Crippen LogP contribution in [-0.2, 0) is 6.42 Å². The quantitative estimate of drug-likeness (QED) is 0.846. The van der Waals surface area contributed by atoms with Crippen molar-refractivity contribution in [2.24, 2.45) is 0 Å². The van der Waals surface area contributed by atoms with Crippen LogP contribution in [0.25, 0.3) is 10.9 Å². The molecule has 0 saturated carbocycles. The molecule has 0 amide bonds. The summed E-state index contributed by atoms with van der Waals surface area (Å²) < 4.78 is 5.78. The van der Waals surface area contributed by atoms with Crippen molar-refractivity contribution in [3.8, 4) is 5.75 Å². The summed E-state index contributed by atoms with van der Waals surface area (Å²) in [7, 11) is 0. The monoisotopic (exact) mass is 272 g/mol. The number of fused-ring (bicyclic) bond motifs is 1. The normalized spacial score (nSPS) is 11.1. The maximum Gasteiger partial charge on any atom is 0.120 e. The van der Waals surface area contributed by atoms with Crippen LogP contribution < -0.4 is 10.1 Å². The Morgan fingerprint density at radius 3 is 2.65 bits per heavy atom. The van der Waals surface area contributed by atoms with Crippen LogP contribution >= 0.6 is 0 Å². The predicted octanol–water partition coefficient (Wildman–Crippen LogP) is 4.41. The topological polar surface area (TPSA) is 34.2 Å². The zero-order valence-corrected chi connectivity index (χ0v) is 12.9. The van der Waals surface area contributed by atoms with E-state index in [0.717, 1.165) is 47.4 Å². The van der Waals surface area contributed by atoms with E-state index >= 15 is 0 Å². The number of aryl methyl sites for hydroxylation is 1. The molecule has 108 valence electrons. The van der Waals surface area contributed by atoms with Crippen molar-refractivity contribution in [2.45, 2.75) is 46.6 Å². The van der Waals surface area contributed by atoms with E-state index in [9.17, 15) is 0 Å². The van der Waals surface area contributed by atoms with Crippen LogP contribution in [0.2, 0.25) is 0 Å². The molecule has 2 rings (SSSR count). The minimum atomic E-state index is 0.183. The van der Waals surface area contributed by atoms with Crippen molar-refractivity contribution in [2.75, 3.05) is 11.9 Å². The molecule has 0 fully saturated rings. The van der Waals surface area contributed by atoms with Gasteiger partial charge in [-0.2, -0.15) is 0 Å². The molecule has 0 aliphatic heterocycles. The highest BCUT2D eigenvalue weighted by atomic mass is 16.5. The van der Waals surface area contributed by atoms with Gasteiger partial charge in [0, 0.05) is 23.3 Å². The molecule has 1 aromatic heterocycles. The number of anilines is 1. The van der Waals surface area contributed by atoms with Crippen LogP contribution in [0.3, 0.4) is 0 Å². The number of pyridine rings is 1. The molecule has 0 radical (unpaired) electrons. The fraction of sp³-hybridized carbons (Fsp3) is 0.471. The maximum atomic E-state index is 5.78. The summed E-state index contributed by atoms with van der Waals surface area (Å²) in [5, 5.41) is 4.63. The lowest BCUT2D eigenvalue weighted by atomic mass is 10.1. The number of rotatable bonds is 6. The largest absolute Gasteiger partial charge is 0.491 e. The van der Waals surface area contributed by atoms with Gasteiger partial charge in [0.1, 0.15) is 5.75 Å². The van der Waals surface area contributed by atoms with E-state index in [1.165, 1.54) is 0 Å². The lowest BCUT2D eigenvalue weighted by Crippen LogP contribution is -2.06. The van der Waals surface area contributed by atoms with E-state index in [0.29, 0.717) is 0 Å². The van der Waals surface area contributed by atoms with Gasteiger partial charge in [-0.25, -0.2) is 0 Å². The highest BCUT2D eigenvalue weighted by Crippen LogP contribution is 2.28. The molecule has 0 atom stereocenters. The van der Waals surface area contributed by atoms with Crippen LogP contribution in [0.1, 0.15) is 39.8 Å². The van der Waals surface area contributed by atoms with Gasteiger partial charge < -0.3 is 10.1 Å². The number of ether oxygens (including phenoxy) is 1. The summed E-state index contributed by atoms with van der Waals surface area (Å²) in [6.07, 6.45) is 2.23. The number of benzene rings is 1. The molecule has 1 N–H and O–H groups in total. The molecule has 0 aliphatic rings. The zero-order valence-electron chi connectivity index (χ0n) is 12.9. The molecule has 0 unspecified atom stereocenters. The van der Waals surface area contributed by atoms with Crippen molar-refractivity contribution in [1.29, 1.82) is 0 Å². The Morgan fingerprint density at radius 1 is 1.20 bits per heavy atom. The summed E-state index contributed by atoms with van der Waals surface area (Å²) >= 11 is 0. The molecule has 0 aliphatic carbocycles. The van der Waals surface area contributed by atoms with Gasteiger partial charge in [-0.1, -0.05) is 13.8 Å². The average molecular weight is 272 g/mol. The SMILES string of the molecule is CCCNc1cc(CC)nc2ccc(OC(C)C)cc12. The second-order valence-corrected chi connectivity index (χ2v) is 5.29. The Labute approximate surface area is 121 Å². The molecule has 0 spiro atoms. The average Bonchev–Trinajstić information content (AvgIpc) is 2.44. The molecule has 1 aromatic carbocycles. The number of nitrogens with zero attached hydrogens (tertiary/aromatic N) is 1. The Kier molecular flexibility index (Phi) is 4.83. The van der Waals surface area contributed by atoms with Crippen molar-refractivity contribution < 1.29 is 4.74 Å². The van der Waals surface area contributed by atoms with E-state index in [4.69, 9.17) is 4.74 Å². The third kappa shape index (κ3) is 3.41. The minimum Gasteiger partial charge on any atom is -0.491 e. The lowest BCUT2D eigenvalue weighted by molar-refractivity contribution is 0.243. The van der Waals surface area contributed by atoms with Gasteiger partial charge >= 0.3 is 0 Å². The lowest BCUT2D eigenvalue weighted by Gasteiger charge is -2.14. The zero-order chi connectivity index (χ0) is 14.5. The van der Waals surface area contributed by atoms with Gasteiger partial charge in [-0.3, -0.25) is 4.98 Å². The highest BCUT2D eigenvalue weighted by Gasteiger charge is 2.07. The Morgan fingerprint density at radius 2 is 2.00 bits per heavy atom. The van der Waals surface area contributed by atoms with Crippen LogP contribution in [0.15, 0.2) is 24.3 Å². The molecule has 0 bridgehead atoms. The maximum absolute atomic E-state index is 5.78. The van der Waals surface area contributed by atoms with E-state index in [1.807, 2.05) is 26.0 Å². The Bertz CT molecular complexity index is 578. The Hall–Kier alpha value is -1.77. The summed E-state index contributed by atoms with van der Waals surface area (Å²) in [5.74, 6) is 0.901. The molecule has 1 heterocycles. The van der Waals surface area contributed by atoms with Gasteiger partial charge in [0.25, 0.3) is 0 Å². The van der Waals surface area contributed by atoms with Crippen LogP contribution in [0.5, 0.6) is 5.75 Å². The van der Waals surface area contributed by atoms with Gasteiger partial charge in [0.05, 0.1) is 11.6 Å². The molecule has 3 heteroatoms. The van der Waals surface area contributed by atoms with Gasteiger partial charge in [0.15, 0.2) is 0 Å². The molecular weight excluding hydrogens is 248 g/mol. The summed E-state index contributed by atoms with van der Waals surface area (Å²) in [6.45, 7) is 9.35. The first-order valence-corrected chi connectivity index (χ1v) is 7.48. The van der Waals surface area contributed by atoms with E-state index < -0.39 is 0 Å². The fourth-order valence-corrected chi connectivity index (χ4v) is 2.19. The summed E-state index contributed by atoms with van der Waals surface area (Å²) in [4.78, 5) is 4.69. The first-order valence-electron chi connectivity index (χ1n) is 7.48. The van der Waals surface area contributed by atoms with Gasteiger partial charge in [-0.05, 0) is 51.0 Å². The van der Waals surface area contributed by atoms with Crippen LogP contribution in [0.4, 0.5) is 5.69 Å². The first kappa shape index (κ1) is 14.6. The second-order valence-electron chi connectivity index (χ2n) is 5.29. The smallest absolute Gasteiger partial charge is 0.120 e. The molecule has 3 nitrogen and oxygen atoms in total. The van der Waals surface area contributed by atoms with Gasteiger partial charge in [0.2, 0.25) is 0 Å². The molecule has 20 heavy (non-hydrogen) atoms. The van der Waals surface area contributed by atoms with E-state index in [2.05, 4.69) is 36.3 Å². The number of hydrogen-bond donors (Lipinski definition) is 1. The number of aromatic nitrogens is 1. The minimum absolute atomic E-state index is 0.183. The van der Waals surface area contributed by atoms with Crippen molar-refractivity contribution in [3.63, 3.8) is 0 Å². The standard InChI is InChI=1S/C17H24N2O/c1-5-9-18-17-10-13(6-2)19-16-8-7-14(11-15(16)17)20-12(3)4/h7-8,10-12H,5-6,9H2,1-4H3,(H,18,19). The number of nitrogens with one attached hydrogen (secondary N) is 1. The predicted molar refractivity (Wildman–Crippen MR) is 85.7 cm³/mol. The van der Waals surface area contributed by atoms with E-state index in [-0.39, 0.29) is 6.10 Å². The Balaban J connectivity index is 2.47. The van der Waals surface area contributed by atoms with Gasteiger partial charge in [-0.15, -0.1) is 0 Å². The third-order valence-electron chi connectivity index (χ3n) is 3.13. The highest BCUT2D eigenvalue weighted by molar-refractivity contribution is 5.92. The second kappa shape index (κ2) is 6.60. The van der Waals surface area contributed by atoms with E-state index in [1.54, 1.807) is 0 Å². The van der Waals surface area contributed by atoms with Crippen molar-refractivity contribution in [3.05, 3.63) is 30.0 Å². The van der Waals surface area contributed by atoms with Crippen molar-refractivity contribution >= 4 is 16.6 Å². The number of hydrogen-bond acceptors (Lipinski definition) is 3. The summed E-state index contributed by atoms with van der Waals surface area (Å²) in [6, 6.07) is 8.28. The fourth-order valence-electron chi connectivity index (χ4n) is 2.19. The van der Waals surface area contributed by atoms with Crippen LogP contribution in [0, 0.1) is 0 Å². The van der Waals surface area contributed by atoms with Crippen molar-refractivity contribution in [1.82, 2.24) is 4.98 Å². The molecular formula is C17H24N2O. The molecule has 0 saturated heterocycles.